The molecule has 0 aliphatic carbocycles. The molecule has 0 unspecified atom stereocenters. The van der Waals surface area contributed by atoms with Crippen LogP contribution in [0.2, 0.25) is 5.02 Å². The predicted molar refractivity (Wildman–Crippen MR) is 131 cm³/mol. The zero-order valence-corrected chi connectivity index (χ0v) is 20.4. The van der Waals surface area contributed by atoms with E-state index < -0.39 is 0 Å². The number of hydrogen-bond acceptors (Lipinski definition) is 5. The van der Waals surface area contributed by atoms with Crippen LogP contribution in [0.15, 0.2) is 30.3 Å². The number of hydrogen-bond donors (Lipinski definition) is 1. The highest BCUT2D eigenvalue weighted by molar-refractivity contribution is 7.16. The molecule has 0 aliphatic heterocycles. The van der Waals surface area contributed by atoms with Crippen LogP contribution in [0.25, 0.3) is 11.3 Å². The Balaban J connectivity index is 1.73. The summed E-state index contributed by atoms with van der Waals surface area (Å²) in [6.45, 7) is 6.54. The fraction of sp³-hybridized carbons (Fsp3) is 0.320. The van der Waals surface area contributed by atoms with Crippen LogP contribution in [0.3, 0.4) is 0 Å². The van der Waals surface area contributed by atoms with Crippen molar-refractivity contribution in [3.8, 4) is 28.8 Å². The molecule has 1 heterocycles. The van der Waals surface area contributed by atoms with Crippen molar-refractivity contribution in [1.82, 2.24) is 4.98 Å². The molecule has 0 radical (unpaired) electrons. The molecule has 1 atom stereocenters. The van der Waals surface area contributed by atoms with E-state index in [-0.39, 0.29) is 11.7 Å². The summed E-state index contributed by atoms with van der Waals surface area (Å²) in [4.78, 5) is 5.76. The Labute approximate surface area is 197 Å². The quantitative estimate of drug-likeness (QED) is 0.405. The molecule has 3 rings (SSSR count). The van der Waals surface area contributed by atoms with Crippen molar-refractivity contribution in [2.45, 2.75) is 26.7 Å². The Hall–Kier alpha value is -2.59. The number of ether oxygens (including phenoxy) is 2. The summed E-state index contributed by atoms with van der Waals surface area (Å²) < 4.78 is 24.6. The first-order valence-corrected chi connectivity index (χ1v) is 11.3. The van der Waals surface area contributed by atoms with E-state index >= 15 is 0 Å². The van der Waals surface area contributed by atoms with Gasteiger partial charge in [0.25, 0.3) is 0 Å². The smallest absolute Gasteiger partial charge is 0.184 e. The number of halogens is 2. The topological polar surface area (TPSA) is 43.4 Å². The number of nitrogens with one attached hydrogen (secondary N) is 1. The van der Waals surface area contributed by atoms with Gasteiger partial charge in [-0.2, -0.15) is 0 Å². The van der Waals surface area contributed by atoms with Crippen molar-refractivity contribution in [2.24, 2.45) is 0 Å². The van der Waals surface area contributed by atoms with Gasteiger partial charge in [0.05, 0.1) is 36.9 Å². The number of benzene rings is 2. The second-order valence-electron chi connectivity index (χ2n) is 7.42. The van der Waals surface area contributed by atoms with Gasteiger partial charge in [0, 0.05) is 17.6 Å². The summed E-state index contributed by atoms with van der Waals surface area (Å²) in [5.41, 5.74) is 4.13. The predicted octanol–water partition coefficient (Wildman–Crippen LogP) is 6.38. The van der Waals surface area contributed by atoms with E-state index in [4.69, 9.17) is 26.1 Å². The summed E-state index contributed by atoms with van der Waals surface area (Å²) in [6, 6.07) is 8.98. The molecule has 32 heavy (non-hydrogen) atoms. The average molecular weight is 473 g/mol. The standard InChI is InChI=1S/C25H26ClFN2O2S/c1-15-8-9-18(12-22(15)27)19(14-30-4)7-6-10-28-25-29-24(17(3)32-25)20-11-16(2)23(31-5)13-21(20)26/h8-9,11-13,19H,10,14H2,1-5H3,(H,28,29)/t19-/m1/s1. The summed E-state index contributed by atoms with van der Waals surface area (Å²) in [5, 5.41) is 4.61. The highest BCUT2D eigenvalue weighted by Gasteiger charge is 2.15. The van der Waals surface area contributed by atoms with Gasteiger partial charge in [0.15, 0.2) is 5.13 Å². The minimum absolute atomic E-state index is 0.202. The van der Waals surface area contributed by atoms with Gasteiger partial charge in [-0.1, -0.05) is 35.6 Å². The van der Waals surface area contributed by atoms with Crippen molar-refractivity contribution in [2.75, 3.05) is 32.7 Å². The van der Waals surface area contributed by atoms with Gasteiger partial charge >= 0.3 is 0 Å². The van der Waals surface area contributed by atoms with Crippen LogP contribution in [0, 0.1) is 38.4 Å². The van der Waals surface area contributed by atoms with Gasteiger partial charge in [0.1, 0.15) is 11.6 Å². The van der Waals surface area contributed by atoms with Gasteiger partial charge in [-0.25, -0.2) is 9.37 Å². The number of aryl methyl sites for hydroxylation is 3. The second kappa shape index (κ2) is 10.8. The SMILES string of the molecule is COC[C@@H](C#CCNc1nc(-c2cc(C)c(OC)cc2Cl)c(C)s1)c1ccc(C)c(F)c1. The van der Waals surface area contributed by atoms with E-state index in [0.29, 0.717) is 23.7 Å². The molecular weight excluding hydrogens is 447 g/mol. The Kier molecular flexibility index (Phi) is 8.14. The third-order valence-corrected chi connectivity index (χ3v) is 6.31. The van der Waals surface area contributed by atoms with Crippen LogP contribution >= 0.6 is 22.9 Å². The largest absolute Gasteiger partial charge is 0.496 e. The van der Waals surface area contributed by atoms with Crippen molar-refractivity contribution in [1.29, 1.82) is 0 Å². The maximum absolute atomic E-state index is 13.9. The van der Waals surface area contributed by atoms with Gasteiger partial charge in [0.2, 0.25) is 0 Å². The van der Waals surface area contributed by atoms with Gasteiger partial charge in [-0.3, -0.25) is 0 Å². The fourth-order valence-corrected chi connectivity index (χ4v) is 4.36. The molecule has 4 nitrogen and oxygen atoms in total. The number of methoxy groups -OCH3 is 2. The molecule has 7 heteroatoms. The lowest BCUT2D eigenvalue weighted by Crippen LogP contribution is -2.06. The molecule has 0 saturated carbocycles. The minimum Gasteiger partial charge on any atom is -0.496 e. The van der Waals surface area contributed by atoms with E-state index in [9.17, 15) is 4.39 Å². The third-order valence-electron chi connectivity index (χ3n) is 5.07. The lowest BCUT2D eigenvalue weighted by molar-refractivity contribution is 0.193. The second-order valence-corrected chi connectivity index (χ2v) is 9.03. The first-order chi connectivity index (χ1) is 15.3. The summed E-state index contributed by atoms with van der Waals surface area (Å²) in [6.07, 6.45) is 0. The molecule has 0 aliphatic rings. The molecule has 0 amide bonds. The maximum Gasteiger partial charge on any atom is 0.184 e. The van der Waals surface area contributed by atoms with Crippen LogP contribution in [-0.2, 0) is 4.74 Å². The molecule has 3 aromatic rings. The average Bonchev–Trinajstić information content (AvgIpc) is 3.13. The Morgan fingerprint density at radius 3 is 2.62 bits per heavy atom. The number of thiazole rings is 1. The zero-order chi connectivity index (χ0) is 23.3. The van der Waals surface area contributed by atoms with Crippen molar-refractivity contribution < 1.29 is 13.9 Å². The molecule has 0 bridgehead atoms. The van der Waals surface area contributed by atoms with E-state index in [2.05, 4.69) is 17.2 Å². The van der Waals surface area contributed by atoms with Gasteiger partial charge in [-0.15, -0.1) is 11.3 Å². The van der Waals surface area contributed by atoms with Crippen molar-refractivity contribution in [3.05, 3.63) is 62.7 Å². The van der Waals surface area contributed by atoms with Gasteiger partial charge in [-0.05, 0) is 55.7 Å². The molecule has 0 fully saturated rings. The van der Waals surface area contributed by atoms with Crippen molar-refractivity contribution in [3.63, 3.8) is 0 Å². The Bertz CT molecular complexity index is 1170. The summed E-state index contributed by atoms with van der Waals surface area (Å²) in [5.74, 6) is 6.60. The van der Waals surface area contributed by atoms with E-state index in [1.807, 2.05) is 32.0 Å². The summed E-state index contributed by atoms with van der Waals surface area (Å²) >= 11 is 8.02. The van der Waals surface area contributed by atoms with E-state index in [0.717, 1.165) is 38.1 Å². The molecule has 0 saturated heterocycles. The lowest BCUT2D eigenvalue weighted by atomic mass is 9.99. The molecular formula is C25H26ClFN2O2S. The lowest BCUT2D eigenvalue weighted by Gasteiger charge is -2.11. The zero-order valence-electron chi connectivity index (χ0n) is 18.8. The third kappa shape index (κ3) is 5.60. The maximum atomic E-state index is 13.9. The first kappa shape index (κ1) is 24.1. The van der Waals surface area contributed by atoms with E-state index in [1.165, 1.54) is 6.07 Å². The Morgan fingerprint density at radius 2 is 1.94 bits per heavy atom. The van der Waals surface area contributed by atoms with Crippen molar-refractivity contribution >= 4 is 28.1 Å². The molecule has 168 valence electrons. The highest BCUT2D eigenvalue weighted by Crippen LogP contribution is 2.37. The number of anilines is 1. The van der Waals surface area contributed by atoms with E-state index in [1.54, 1.807) is 38.5 Å². The first-order valence-electron chi connectivity index (χ1n) is 10.1. The molecule has 2 aromatic carbocycles. The van der Waals surface area contributed by atoms with Crippen LogP contribution in [-0.4, -0.2) is 32.4 Å². The number of rotatable bonds is 7. The monoisotopic (exact) mass is 472 g/mol. The fourth-order valence-electron chi connectivity index (χ4n) is 3.29. The highest BCUT2D eigenvalue weighted by atomic mass is 35.5. The normalized spacial score (nSPS) is 11.6. The Morgan fingerprint density at radius 1 is 1.16 bits per heavy atom. The molecule has 0 spiro atoms. The molecule has 1 N–H and O–H groups in total. The molecule has 1 aromatic heterocycles. The minimum atomic E-state index is -0.234. The number of nitrogens with zero attached hydrogens (tertiary/aromatic N) is 1. The summed E-state index contributed by atoms with van der Waals surface area (Å²) in [7, 11) is 3.24. The van der Waals surface area contributed by atoms with Crippen LogP contribution in [0.5, 0.6) is 5.75 Å². The number of aromatic nitrogens is 1. The van der Waals surface area contributed by atoms with Crippen LogP contribution in [0.1, 0.15) is 27.5 Å². The van der Waals surface area contributed by atoms with Crippen LogP contribution in [0.4, 0.5) is 9.52 Å². The van der Waals surface area contributed by atoms with Gasteiger partial charge < -0.3 is 14.8 Å². The van der Waals surface area contributed by atoms with Crippen LogP contribution < -0.4 is 10.1 Å².